The Morgan fingerprint density at radius 3 is 2.46 bits per heavy atom. The maximum absolute atomic E-state index is 12.1. The van der Waals surface area contributed by atoms with E-state index in [-0.39, 0.29) is 19.1 Å². The Bertz CT molecular complexity index is 857. The molecule has 1 heterocycles. The van der Waals surface area contributed by atoms with Crippen molar-refractivity contribution in [2.45, 2.75) is 20.1 Å². The molecule has 1 N–H and O–H groups in total. The molecular formula is C19H20N4O3. The number of rotatable bonds is 7. The lowest BCUT2D eigenvalue weighted by atomic mass is 10.2. The van der Waals surface area contributed by atoms with Crippen LogP contribution in [-0.4, -0.2) is 28.0 Å². The number of carbonyl (C=O) groups excluding carboxylic acids is 1. The van der Waals surface area contributed by atoms with Crippen molar-refractivity contribution >= 4 is 11.6 Å². The lowest BCUT2D eigenvalue weighted by Crippen LogP contribution is -2.19. The Kier molecular flexibility index (Phi) is 5.48. The van der Waals surface area contributed by atoms with Crippen LogP contribution in [-0.2, 0) is 17.9 Å². The minimum atomic E-state index is -0.165. The first-order chi connectivity index (χ1) is 12.6. The molecule has 0 unspecified atom stereocenters. The molecule has 134 valence electrons. The second-order valence-corrected chi connectivity index (χ2v) is 5.79. The third-order valence-corrected chi connectivity index (χ3v) is 3.67. The van der Waals surface area contributed by atoms with Crippen molar-refractivity contribution in [3.63, 3.8) is 0 Å². The third-order valence-electron chi connectivity index (χ3n) is 3.67. The molecule has 0 radical (unpaired) electrons. The highest BCUT2D eigenvalue weighted by molar-refractivity contribution is 5.90. The minimum Gasteiger partial charge on any atom is -0.497 e. The van der Waals surface area contributed by atoms with Crippen molar-refractivity contribution in [1.82, 2.24) is 15.0 Å². The fourth-order valence-corrected chi connectivity index (χ4v) is 2.30. The average Bonchev–Trinajstić information content (AvgIpc) is 3.09. The van der Waals surface area contributed by atoms with E-state index in [0.717, 1.165) is 17.0 Å². The Morgan fingerprint density at radius 1 is 1.08 bits per heavy atom. The van der Waals surface area contributed by atoms with Gasteiger partial charge in [-0.15, -0.1) is 5.10 Å². The van der Waals surface area contributed by atoms with Crippen molar-refractivity contribution in [2.75, 3.05) is 12.4 Å². The zero-order valence-corrected chi connectivity index (χ0v) is 14.7. The summed E-state index contributed by atoms with van der Waals surface area (Å²) < 4.78 is 12.2. The van der Waals surface area contributed by atoms with Crippen molar-refractivity contribution in [2.24, 2.45) is 0 Å². The standard InChI is InChI=1S/C19H20N4O3/c1-14-3-5-15(6-4-14)20-19(24)12-23-11-16(21-22-23)13-26-18-9-7-17(25-2)8-10-18/h3-11H,12-13H2,1-2H3,(H,20,24). The van der Waals surface area contributed by atoms with Crippen LogP contribution in [0.4, 0.5) is 5.69 Å². The summed E-state index contributed by atoms with van der Waals surface area (Å²) in [7, 11) is 1.61. The SMILES string of the molecule is COc1ccc(OCc2cn(CC(=O)Nc3ccc(C)cc3)nn2)cc1. The number of anilines is 1. The van der Waals surface area contributed by atoms with Crippen LogP contribution in [0, 0.1) is 6.92 Å². The Balaban J connectivity index is 1.50. The molecule has 3 aromatic rings. The third kappa shape index (κ3) is 4.83. The fourth-order valence-electron chi connectivity index (χ4n) is 2.30. The van der Waals surface area contributed by atoms with Gasteiger partial charge in [0.2, 0.25) is 5.91 Å². The summed E-state index contributed by atoms with van der Waals surface area (Å²) in [6.07, 6.45) is 1.69. The molecule has 0 saturated carbocycles. The summed E-state index contributed by atoms with van der Waals surface area (Å²) in [6.45, 7) is 2.35. The van der Waals surface area contributed by atoms with Gasteiger partial charge in [-0.3, -0.25) is 4.79 Å². The van der Waals surface area contributed by atoms with Crippen molar-refractivity contribution in [1.29, 1.82) is 0 Å². The van der Waals surface area contributed by atoms with E-state index in [0.29, 0.717) is 11.4 Å². The summed E-state index contributed by atoms with van der Waals surface area (Å²) in [5.41, 5.74) is 2.54. The van der Waals surface area contributed by atoms with Crippen LogP contribution < -0.4 is 14.8 Å². The Morgan fingerprint density at radius 2 is 1.77 bits per heavy atom. The predicted molar refractivity (Wildman–Crippen MR) is 97.2 cm³/mol. The molecule has 1 amide bonds. The van der Waals surface area contributed by atoms with Gasteiger partial charge in [-0.1, -0.05) is 22.9 Å². The number of benzene rings is 2. The molecule has 0 fully saturated rings. The van der Waals surface area contributed by atoms with Crippen LogP contribution in [0.25, 0.3) is 0 Å². The van der Waals surface area contributed by atoms with Gasteiger partial charge < -0.3 is 14.8 Å². The van der Waals surface area contributed by atoms with Crippen molar-refractivity contribution in [3.05, 3.63) is 66.0 Å². The number of methoxy groups -OCH3 is 1. The second-order valence-electron chi connectivity index (χ2n) is 5.79. The number of carbonyl (C=O) groups is 1. The number of amides is 1. The Labute approximate surface area is 151 Å². The Hall–Kier alpha value is -3.35. The van der Waals surface area contributed by atoms with Crippen molar-refractivity contribution < 1.29 is 14.3 Å². The average molecular weight is 352 g/mol. The molecule has 0 saturated heterocycles. The molecule has 1 aromatic heterocycles. The van der Waals surface area contributed by atoms with Gasteiger partial charge in [0.1, 0.15) is 30.3 Å². The van der Waals surface area contributed by atoms with E-state index in [1.807, 2.05) is 55.5 Å². The molecule has 3 rings (SSSR count). The number of nitrogens with zero attached hydrogens (tertiary/aromatic N) is 3. The molecule has 0 aliphatic carbocycles. The first-order valence-corrected chi connectivity index (χ1v) is 8.15. The van der Waals surface area contributed by atoms with Crippen LogP contribution in [0.3, 0.4) is 0 Å². The summed E-state index contributed by atoms with van der Waals surface area (Å²) >= 11 is 0. The zero-order chi connectivity index (χ0) is 18.4. The van der Waals surface area contributed by atoms with Gasteiger partial charge in [0.05, 0.1) is 13.3 Å². The van der Waals surface area contributed by atoms with Gasteiger partial charge in [-0.2, -0.15) is 0 Å². The van der Waals surface area contributed by atoms with Gasteiger partial charge in [0.15, 0.2) is 0 Å². The first kappa shape index (κ1) is 17.5. The van der Waals surface area contributed by atoms with Gasteiger partial charge in [0, 0.05) is 5.69 Å². The molecule has 7 heteroatoms. The van der Waals surface area contributed by atoms with Crippen LogP contribution in [0.2, 0.25) is 0 Å². The highest BCUT2D eigenvalue weighted by Gasteiger charge is 2.07. The van der Waals surface area contributed by atoms with E-state index >= 15 is 0 Å². The smallest absolute Gasteiger partial charge is 0.246 e. The zero-order valence-electron chi connectivity index (χ0n) is 14.7. The van der Waals surface area contributed by atoms with Crippen LogP contribution in [0.15, 0.2) is 54.7 Å². The summed E-state index contributed by atoms with van der Waals surface area (Å²) in [5, 5.41) is 10.8. The van der Waals surface area contributed by atoms with Crippen LogP contribution in [0.1, 0.15) is 11.3 Å². The predicted octanol–water partition coefficient (Wildman–Crippen LogP) is 2.81. The van der Waals surface area contributed by atoms with Crippen molar-refractivity contribution in [3.8, 4) is 11.5 Å². The number of nitrogens with one attached hydrogen (secondary N) is 1. The monoisotopic (exact) mass is 352 g/mol. The molecule has 2 aromatic carbocycles. The molecule has 26 heavy (non-hydrogen) atoms. The molecule has 0 spiro atoms. The van der Waals surface area contributed by atoms with Crippen LogP contribution in [0.5, 0.6) is 11.5 Å². The van der Waals surface area contributed by atoms with E-state index in [4.69, 9.17) is 9.47 Å². The van der Waals surface area contributed by atoms with Gasteiger partial charge >= 0.3 is 0 Å². The molecule has 0 aliphatic heterocycles. The molecule has 0 atom stereocenters. The number of aromatic nitrogens is 3. The molecule has 0 aliphatic rings. The number of ether oxygens (including phenoxy) is 2. The largest absolute Gasteiger partial charge is 0.497 e. The number of aryl methyl sites for hydroxylation is 1. The lowest BCUT2D eigenvalue weighted by molar-refractivity contribution is -0.116. The molecular weight excluding hydrogens is 332 g/mol. The van der Waals surface area contributed by atoms with Crippen LogP contribution >= 0.6 is 0 Å². The summed E-state index contributed by atoms with van der Waals surface area (Å²) in [4.78, 5) is 12.1. The topological polar surface area (TPSA) is 78.3 Å². The number of hydrogen-bond acceptors (Lipinski definition) is 5. The minimum absolute atomic E-state index is 0.0867. The quantitative estimate of drug-likeness (QED) is 0.707. The highest BCUT2D eigenvalue weighted by atomic mass is 16.5. The summed E-state index contributed by atoms with van der Waals surface area (Å²) in [5.74, 6) is 1.31. The fraction of sp³-hybridized carbons (Fsp3) is 0.211. The maximum Gasteiger partial charge on any atom is 0.246 e. The van der Waals surface area contributed by atoms with E-state index in [2.05, 4.69) is 15.6 Å². The number of hydrogen-bond donors (Lipinski definition) is 1. The first-order valence-electron chi connectivity index (χ1n) is 8.15. The van der Waals surface area contributed by atoms with Gasteiger partial charge in [-0.25, -0.2) is 4.68 Å². The maximum atomic E-state index is 12.1. The van der Waals surface area contributed by atoms with Gasteiger partial charge in [-0.05, 0) is 43.3 Å². The lowest BCUT2D eigenvalue weighted by Gasteiger charge is -2.05. The van der Waals surface area contributed by atoms with E-state index < -0.39 is 0 Å². The van der Waals surface area contributed by atoms with E-state index in [9.17, 15) is 4.79 Å². The summed E-state index contributed by atoms with van der Waals surface area (Å²) in [6, 6.07) is 14.9. The molecule has 0 bridgehead atoms. The van der Waals surface area contributed by atoms with E-state index in [1.165, 1.54) is 4.68 Å². The normalized spacial score (nSPS) is 10.4. The van der Waals surface area contributed by atoms with Gasteiger partial charge in [0.25, 0.3) is 0 Å². The second kappa shape index (κ2) is 8.15. The highest BCUT2D eigenvalue weighted by Crippen LogP contribution is 2.17. The molecule has 7 nitrogen and oxygen atoms in total. The van der Waals surface area contributed by atoms with E-state index in [1.54, 1.807) is 13.3 Å².